The number of thiophene rings is 1. The molecule has 0 bridgehead atoms. The topological polar surface area (TPSA) is 75.7 Å². The van der Waals surface area contributed by atoms with Gasteiger partial charge in [0.05, 0.1) is 6.61 Å². The fourth-order valence-corrected chi connectivity index (χ4v) is 4.23. The molecule has 1 fully saturated rings. The zero-order valence-corrected chi connectivity index (χ0v) is 12.9. The normalized spacial score (nSPS) is 16.6. The molecule has 1 aromatic rings. The monoisotopic (exact) mass is 318 g/mol. The first-order chi connectivity index (χ1) is 9.53. The van der Waals surface area contributed by atoms with Crippen molar-refractivity contribution in [1.29, 1.82) is 0 Å². The second-order valence-electron chi connectivity index (χ2n) is 4.41. The molecule has 0 unspecified atom stereocenters. The quantitative estimate of drug-likeness (QED) is 0.826. The van der Waals surface area contributed by atoms with E-state index in [0.717, 1.165) is 11.3 Å². The summed E-state index contributed by atoms with van der Waals surface area (Å²) < 4.78 is 32.0. The zero-order chi connectivity index (χ0) is 14.6. The Morgan fingerprint density at radius 2 is 2.25 bits per heavy atom. The first kappa shape index (κ1) is 15.4. The highest BCUT2D eigenvalue weighted by atomic mass is 32.2. The Hall–Kier alpha value is -0.960. The second kappa shape index (κ2) is 6.66. The Labute approximate surface area is 122 Å². The molecular formula is C12H18N2O4S2. The lowest BCUT2D eigenvalue weighted by Gasteiger charge is -2.26. The van der Waals surface area contributed by atoms with Crippen LogP contribution in [0.5, 0.6) is 0 Å². The molecule has 1 amide bonds. The Morgan fingerprint density at radius 1 is 1.45 bits per heavy atom. The van der Waals surface area contributed by atoms with Crippen molar-refractivity contribution < 1.29 is 17.9 Å². The summed E-state index contributed by atoms with van der Waals surface area (Å²) in [5.74, 6) is -0.0974. The third-order valence-electron chi connectivity index (χ3n) is 3.01. The third-order valence-corrected chi connectivity index (χ3v) is 6.19. The van der Waals surface area contributed by atoms with Gasteiger partial charge >= 0.3 is 0 Å². The van der Waals surface area contributed by atoms with Crippen molar-refractivity contribution in [2.75, 3.05) is 32.8 Å². The number of nitrogens with zero attached hydrogens (tertiary/aromatic N) is 1. The lowest BCUT2D eigenvalue weighted by atomic mass is 10.4. The highest BCUT2D eigenvalue weighted by Gasteiger charge is 2.20. The van der Waals surface area contributed by atoms with Gasteiger partial charge in [0.2, 0.25) is 15.9 Å². The van der Waals surface area contributed by atoms with Crippen molar-refractivity contribution in [2.24, 2.45) is 0 Å². The van der Waals surface area contributed by atoms with E-state index in [9.17, 15) is 13.2 Å². The van der Waals surface area contributed by atoms with Crippen molar-refractivity contribution >= 4 is 27.3 Å². The van der Waals surface area contributed by atoms with Crippen molar-refractivity contribution in [3.63, 3.8) is 0 Å². The van der Waals surface area contributed by atoms with Crippen molar-refractivity contribution in [1.82, 2.24) is 9.62 Å². The van der Waals surface area contributed by atoms with E-state index in [1.54, 1.807) is 11.0 Å². The van der Waals surface area contributed by atoms with Crippen LogP contribution in [-0.4, -0.2) is 52.1 Å². The van der Waals surface area contributed by atoms with Gasteiger partial charge in [0.15, 0.2) is 0 Å². The Kier molecular flexibility index (Phi) is 5.14. The molecule has 112 valence electrons. The first-order valence-corrected chi connectivity index (χ1v) is 8.77. The summed E-state index contributed by atoms with van der Waals surface area (Å²) in [6, 6.07) is 3.44. The molecule has 1 aliphatic rings. The number of carbonyl (C=O) groups is 1. The number of nitrogens with one attached hydrogen (secondary N) is 1. The van der Waals surface area contributed by atoms with Crippen LogP contribution in [0.25, 0.3) is 0 Å². The molecule has 2 heterocycles. The van der Waals surface area contributed by atoms with Crippen LogP contribution in [0.1, 0.15) is 11.8 Å². The molecule has 0 radical (unpaired) electrons. The van der Waals surface area contributed by atoms with Gasteiger partial charge in [-0.2, -0.15) is 0 Å². The van der Waals surface area contributed by atoms with Crippen LogP contribution in [0.15, 0.2) is 16.3 Å². The van der Waals surface area contributed by atoms with Gasteiger partial charge in [0.25, 0.3) is 0 Å². The molecule has 0 atom stereocenters. The maximum Gasteiger partial charge on any atom is 0.250 e. The van der Waals surface area contributed by atoms with Crippen molar-refractivity contribution in [3.05, 3.63) is 17.0 Å². The average Bonchev–Trinajstić information content (AvgIpc) is 2.90. The summed E-state index contributed by atoms with van der Waals surface area (Å²) in [4.78, 5) is 14.1. The van der Waals surface area contributed by atoms with Crippen LogP contribution in [0.2, 0.25) is 0 Å². The molecule has 0 aromatic carbocycles. The molecule has 0 saturated carbocycles. The predicted molar refractivity (Wildman–Crippen MR) is 76.3 cm³/mol. The lowest BCUT2D eigenvalue weighted by Crippen LogP contribution is -2.45. The number of hydrogen-bond donors (Lipinski definition) is 1. The lowest BCUT2D eigenvalue weighted by molar-refractivity contribution is -0.142. The van der Waals surface area contributed by atoms with Crippen molar-refractivity contribution in [3.8, 4) is 0 Å². The first-order valence-electron chi connectivity index (χ1n) is 6.47. The van der Waals surface area contributed by atoms with Crippen LogP contribution in [0, 0.1) is 0 Å². The predicted octanol–water partition coefficient (Wildman–Crippen LogP) is 0.448. The minimum Gasteiger partial charge on any atom is -0.370 e. The fourth-order valence-electron chi connectivity index (χ4n) is 1.87. The van der Waals surface area contributed by atoms with Crippen LogP contribution in [0.4, 0.5) is 0 Å². The van der Waals surface area contributed by atoms with Gasteiger partial charge in [0.1, 0.15) is 10.8 Å². The molecular weight excluding hydrogens is 300 g/mol. The minimum absolute atomic E-state index is 0.0809. The minimum atomic E-state index is -3.47. The summed E-state index contributed by atoms with van der Waals surface area (Å²) in [5, 5.41) is 0. The van der Waals surface area contributed by atoms with Gasteiger partial charge in [-0.1, -0.05) is 6.92 Å². The number of aryl methyl sites for hydroxylation is 1. The molecule has 2 rings (SSSR count). The molecule has 8 heteroatoms. The fraction of sp³-hybridized carbons (Fsp3) is 0.583. The number of rotatable bonds is 6. The maximum absolute atomic E-state index is 12.1. The Balaban J connectivity index is 1.87. The summed E-state index contributed by atoms with van der Waals surface area (Å²) in [6.07, 6.45) is 0.822. The Bertz CT molecular complexity index is 568. The van der Waals surface area contributed by atoms with Gasteiger partial charge in [-0.05, 0) is 18.6 Å². The molecule has 1 aromatic heterocycles. The highest BCUT2D eigenvalue weighted by molar-refractivity contribution is 7.91. The van der Waals surface area contributed by atoms with Crippen LogP contribution in [-0.2, 0) is 26.0 Å². The summed E-state index contributed by atoms with van der Waals surface area (Å²) in [7, 11) is -3.47. The van der Waals surface area contributed by atoms with E-state index < -0.39 is 10.0 Å². The Morgan fingerprint density at radius 3 is 2.90 bits per heavy atom. The van der Waals surface area contributed by atoms with Gasteiger partial charge in [-0.3, -0.25) is 4.79 Å². The number of morpholine rings is 1. The van der Waals surface area contributed by atoms with E-state index in [2.05, 4.69) is 4.72 Å². The molecule has 1 N–H and O–H groups in total. The highest BCUT2D eigenvalue weighted by Crippen LogP contribution is 2.21. The van der Waals surface area contributed by atoms with Crippen LogP contribution >= 0.6 is 11.3 Å². The number of carbonyl (C=O) groups excluding carboxylic acids is 1. The summed E-state index contributed by atoms with van der Waals surface area (Å²) in [6.45, 7) is 3.67. The zero-order valence-electron chi connectivity index (χ0n) is 11.3. The van der Waals surface area contributed by atoms with E-state index in [1.807, 2.05) is 13.0 Å². The van der Waals surface area contributed by atoms with Crippen LogP contribution in [0.3, 0.4) is 0 Å². The average molecular weight is 318 g/mol. The van der Waals surface area contributed by atoms with Crippen molar-refractivity contribution in [2.45, 2.75) is 17.6 Å². The molecule has 6 nitrogen and oxygen atoms in total. The standard InChI is InChI=1S/C12H18N2O4S2/c1-2-10-3-4-12(19-10)20(16,17)13-5-6-14-7-8-18-9-11(14)15/h3-4,13H,2,5-9H2,1H3. The van der Waals surface area contributed by atoms with E-state index in [-0.39, 0.29) is 19.1 Å². The van der Waals surface area contributed by atoms with Gasteiger partial charge in [0, 0.05) is 24.5 Å². The molecule has 20 heavy (non-hydrogen) atoms. The number of sulfonamides is 1. The molecule has 0 spiro atoms. The van der Waals surface area contributed by atoms with Gasteiger partial charge < -0.3 is 9.64 Å². The number of ether oxygens (including phenoxy) is 1. The number of amides is 1. The van der Waals surface area contributed by atoms with E-state index >= 15 is 0 Å². The summed E-state index contributed by atoms with van der Waals surface area (Å²) in [5.41, 5.74) is 0. The SMILES string of the molecule is CCc1ccc(S(=O)(=O)NCCN2CCOCC2=O)s1. The smallest absolute Gasteiger partial charge is 0.250 e. The van der Waals surface area contributed by atoms with Gasteiger partial charge in [-0.25, -0.2) is 13.1 Å². The van der Waals surface area contributed by atoms with Gasteiger partial charge in [-0.15, -0.1) is 11.3 Å². The molecule has 0 aliphatic carbocycles. The molecule has 1 saturated heterocycles. The largest absolute Gasteiger partial charge is 0.370 e. The van der Waals surface area contributed by atoms with E-state index in [0.29, 0.717) is 23.9 Å². The van der Waals surface area contributed by atoms with Crippen LogP contribution < -0.4 is 4.72 Å². The molecule has 1 aliphatic heterocycles. The summed E-state index contributed by atoms with van der Waals surface area (Å²) >= 11 is 1.28. The number of hydrogen-bond acceptors (Lipinski definition) is 5. The van der Waals surface area contributed by atoms with E-state index in [1.165, 1.54) is 11.3 Å². The third kappa shape index (κ3) is 3.78. The maximum atomic E-state index is 12.1. The van der Waals surface area contributed by atoms with E-state index in [4.69, 9.17) is 4.74 Å². The second-order valence-corrected chi connectivity index (χ2v) is 7.57.